The minimum Gasteiger partial charge on any atom is -0.464 e. The summed E-state index contributed by atoms with van der Waals surface area (Å²) < 4.78 is 11.3. The van der Waals surface area contributed by atoms with Crippen molar-refractivity contribution in [1.82, 2.24) is 9.80 Å². The van der Waals surface area contributed by atoms with Crippen LogP contribution in [0.2, 0.25) is 0 Å². The third-order valence-corrected chi connectivity index (χ3v) is 6.84. The Morgan fingerprint density at radius 1 is 0.710 bits per heavy atom. The normalized spacial score (nSPS) is 25.1. The van der Waals surface area contributed by atoms with Crippen LogP contribution in [0.1, 0.15) is 61.8 Å². The van der Waals surface area contributed by atoms with E-state index < -0.39 is 11.8 Å². The van der Waals surface area contributed by atoms with Gasteiger partial charge in [-0.25, -0.2) is 0 Å². The molecule has 0 heterocycles. The van der Waals surface area contributed by atoms with Gasteiger partial charge in [0.25, 0.3) is 0 Å². The van der Waals surface area contributed by atoms with Crippen LogP contribution in [0, 0.1) is 23.7 Å². The molecule has 0 aromatic rings. The van der Waals surface area contributed by atoms with Crippen LogP contribution in [0.15, 0.2) is 12.2 Å². The van der Waals surface area contributed by atoms with Crippen molar-refractivity contribution in [2.45, 2.75) is 86.0 Å². The minimum atomic E-state index is -0.416. The summed E-state index contributed by atoms with van der Waals surface area (Å²) in [5.74, 6) is -1.16. The average Bonchev–Trinajstić information content (AvgIpc) is 3.28. The molecule has 2 aliphatic carbocycles. The van der Waals surface area contributed by atoms with E-state index in [2.05, 4.69) is 77.3 Å². The summed E-state index contributed by atoms with van der Waals surface area (Å²) in [6.45, 7) is 19.3. The number of carbonyl (C=O) groups excluding carboxylic acids is 2. The number of ether oxygens (including phenoxy) is 2. The molecule has 0 radical (unpaired) electrons. The van der Waals surface area contributed by atoms with Gasteiger partial charge in [-0.2, -0.15) is 0 Å². The van der Waals surface area contributed by atoms with E-state index in [1.54, 1.807) is 0 Å². The number of fused-ring (bicyclic) bond motifs is 2. The Kier molecular flexibility index (Phi) is 9.56. The first-order valence-corrected chi connectivity index (χ1v) is 12.1. The summed E-state index contributed by atoms with van der Waals surface area (Å²) in [5, 5.41) is 0. The number of rotatable bonds is 12. The molecule has 6 heteroatoms. The number of allylic oxidation sites excluding steroid dienone is 2. The minimum absolute atomic E-state index is 0.0872. The molecule has 6 nitrogen and oxygen atoms in total. The van der Waals surface area contributed by atoms with Gasteiger partial charge in [-0.3, -0.25) is 19.4 Å². The van der Waals surface area contributed by atoms with Gasteiger partial charge in [-0.1, -0.05) is 12.2 Å². The van der Waals surface area contributed by atoms with Crippen molar-refractivity contribution in [2.75, 3.05) is 26.3 Å². The summed E-state index contributed by atoms with van der Waals surface area (Å²) in [7, 11) is 0. The molecule has 0 saturated heterocycles. The van der Waals surface area contributed by atoms with Crippen molar-refractivity contribution in [3.8, 4) is 0 Å². The summed E-state index contributed by atoms with van der Waals surface area (Å²) >= 11 is 0. The van der Waals surface area contributed by atoms with Gasteiger partial charge in [-0.15, -0.1) is 0 Å². The zero-order valence-corrected chi connectivity index (χ0v) is 20.8. The van der Waals surface area contributed by atoms with E-state index >= 15 is 0 Å². The quantitative estimate of drug-likeness (QED) is 0.343. The fourth-order valence-electron chi connectivity index (χ4n) is 5.39. The highest BCUT2D eigenvalue weighted by molar-refractivity contribution is 5.84. The molecule has 0 aliphatic heterocycles. The predicted molar refractivity (Wildman–Crippen MR) is 124 cm³/mol. The lowest BCUT2D eigenvalue weighted by Crippen LogP contribution is -2.41. The fourth-order valence-corrected chi connectivity index (χ4v) is 5.39. The molecule has 0 amide bonds. The molecule has 0 aromatic carbocycles. The monoisotopic (exact) mass is 436 g/mol. The molecular formula is C25H44N2O4. The molecule has 2 bridgehead atoms. The second kappa shape index (κ2) is 11.5. The SMILES string of the molecule is CC(C)N(CCOC(=O)C1C2C=CC(C2)C1C(=O)OCCN(C(C)C)C(C)C)C(C)C. The van der Waals surface area contributed by atoms with E-state index in [-0.39, 0.29) is 23.8 Å². The van der Waals surface area contributed by atoms with E-state index in [4.69, 9.17) is 9.47 Å². The Labute approximate surface area is 189 Å². The molecule has 1 saturated carbocycles. The van der Waals surface area contributed by atoms with E-state index in [1.807, 2.05) is 0 Å². The largest absolute Gasteiger partial charge is 0.464 e. The number of hydrogen-bond acceptors (Lipinski definition) is 6. The molecule has 31 heavy (non-hydrogen) atoms. The Morgan fingerprint density at radius 2 is 1.03 bits per heavy atom. The number of nitrogens with zero attached hydrogens (tertiary/aromatic N) is 2. The highest BCUT2D eigenvalue weighted by Crippen LogP contribution is 2.49. The maximum absolute atomic E-state index is 12.9. The van der Waals surface area contributed by atoms with Gasteiger partial charge in [0.05, 0.1) is 11.8 Å². The smallest absolute Gasteiger partial charge is 0.310 e. The van der Waals surface area contributed by atoms with Gasteiger partial charge < -0.3 is 9.47 Å². The van der Waals surface area contributed by atoms with Crippen LogP contribution in [-0.4, -0.2) is 72.2 Å². The highest BCUT2D eigenvalue weighted by Gasteiger charge is 2.53. The molecule has 2 rings (SSSR count). The molecule has 2 aliphatic rings. The van der Waals surface area contributed by atoms with Crippen molar-refractivity contribution in [3.05, 3.63) is 12.2 Å². The van der Waals surface area contributed by atoms with Crippen LogP contribution < -0.4 is 0 Å². The van der Waals surface area contributed by atoms with Crippen LogP contribution >= 0.6 is 0 Å². The molecule has 0 N–H and O–H groups in total. The van der Waals surface area contributed by atoms with Crippen LogP contribution in [0.3, 0.4) is 0 Å². The number of carbonyl (C=O) groups is 2. The van der Waals surface area contributed by atoms with E-state index in [1.165, 1.54) is 0 Å². The predicted octanol–water partition coefficient (Wildman–Crippen LogP) is 3.75. The second-order valence-corrected chi connectivity index (χ2v) is 10.2. The molecular weight excluding hydrogens is 392 g/mol. The van der Waals surface area contributed by atoms with Crippen LogP contribution in [0.5, 0.6) is 0 Å². The maximum Gasteiger partial charge on any atom is 0.310 e. The lowest BCUT2D eigenvalue weighted by atomic mass is 9.83. The molecule has 1 fully saturated rings. The topological polar surface area (TPSA) is 59.1 Å². The van der Waals surface area contributed by atoms with Crippen molar-refractivity contribution in [1.29, 1.82) is 0 Å². The first-order chi connectivity index (χ1) is 14.5. The summed E-state index contributed by atoms with van der Waals surface area (Å²) in [6.07, 6.45) is 5.00. The zero-order valence-electron chi connectivity index (χ0n) is 20.8. The van der Waals surface area contributed by atoms with Crippen molar-refractivity contribution in [3.63, 3.8) is 0 Å². The first kappa shape index (κ1) is 25.9. The van der Waals surface area contributed by atoms with Gasteiger partial charge in [0.15, 0.2) is 0 Å². The Morgan fingerprint density at radius 3 is 1.32 bits per heavy atom. The molecule has 0 spiro atoms. The molecule has 0 aromatic heterocycles. The standard InChI is InChI=1S/C25H44N2O4/c1-16(2)26(17(3)4)11-13-30-24(28)22-20-9-10-21(15-20)23(22)25(29)31-14-12-27(18(5)6)19(7)8/h9-10,16-23H,11-15H2,1-8H3. The Hall–Kier alpha value is -1.40. The first-order valence-electron chi connectivity index (χ1n) is 12.1. The van der Waals surface area contributed by atoms with E-state index in [0.717, 1.165) is 6.42 Å². The highest BCUT2D eigenvalue weighted by atomic mass is 16.5. The van der Waals surface area contributed by atoms with Crippen molar-refractivity contribution >= 4 is 11.9 Å². The van der Waals surface area contributed by atoms with Crippen LogP contribution in [0.4, 0.5) is 0 Å². The second-order valence-electron chi connectivity index (χ2n) is 10.2. The van der Waals surface area contributed by atoms with E-state index in [0.29, 0.717) is 50.5 Å². The van der Waals surface area contributed by atoms with Crippen LogP contribution in [0.25, 0.3) is 0 Å². The average molecular weight is 437 g/mol. The Balaban J connectivity index is 1.91. The summed E-state index contributed by atoms with van der Waals surface area (Å²) in [4.78, 5) is 30.5. The summed E-state index contributed by atoms with van der Waals surface area (Å²) in [6, 6.07) is 1.57. The van der Waals surface area contributed by atoms with Gasteiger partial charge in [0.1, 0.15) is 13.2 Å². The lowest BCUT2D eigenvalue weighted by Gasteiger charge is -2.31. The van der Waals surface area contributed by atoms with Gasteiger partial charge in [0.2, 0.25) is 0 Å². The van der Waals surface area contributed by atoms with Gasteiger partial charge in [-0.05, 0) is 73.6 Å². The zero-order chi connectivity index (χ0) is 23.3. The van der Waals surface area contributed by atoms with Gasteiger partial charge in [0, 0.05) is 37.3 Å². The molecule has 4 atom stereocenters. The number of hydrogen-bond donors (Lipinski definition) is 0. The third kappa shape index (κ3) is 6.55. The van der Waals surface area contributed by atoms with Crippen molar-refractivity contribution in [2.24, 2.45) is 23.7 Å². The fraction of sp³-hybridized carbons (Fsp3) is 0.840. The van der Waals surface area contributed by atoms with Crippen molar-refractivity contribution < 1.29 is 19.1 Å². The Bertz CT molecular complexity index is 561. The summed E-state index contributed by atoms with van der Waals surface area (Å²) in [5.41, 5.74) is 0. The van der Waals surface area contributed by atoms with E-state index in [9.17, 15) is 9.59 Å². The lowest BCUT2D eigenvalue weighted by molar-refractivity contribution is -0.162. The third-order valence-electron chi connectivity index (χ3n) is 6.84. The molecule has 4 unspecified atom stereocenters. The maximum atomic E-state index is 12.9. The molecule has 178 valence electrons. The van der Waals surface area contributed by atoms with Crippen LogP contribution in [-0.2, 0) is 19.1 Å². The number of esters is 2. The van der Waals surface area contributed by atoms with Gasteiger partial charge >= 0.3 is 11.9 Å².